The number of hydrogen-bond donors (Lipinski definition) is 1. The molecule has 0 saturated heterocycles. The van der Waals surface area contributed by atoms with E-state index in [4.69, 9.17) is 15.4 Å². The van der Waals surface area contributed by atoms with Crippen molar-refractivity contribution in [2.45, 2.75) is 6.18 Å². The Bertz CT molecular complexity index is 860. The molecule has 2 N–H and O–H groups in total. The second-order valence-electron chi connectivity index (χ2n) is 4.17. The minimum Gasteiger partial charge on any atom is -0.464 e. The zero-order valence-electron chi connectivity index (χ0n) is 10.2. The molecule has 0 amide bonds. The lowest BCUT2D eigenvalue weighted by atomic mass is 10.1. The van der Waals surface area contributed by atoms with Crippen LogP contribution in [0.4, 0.5) is 18.9 Å². The molecule has 3 heterocycles. The largest absolute Gasteiger partial charge is 0.464 e. The van der Waals surface area contributed by atoms with Gasteiger partial charge in [0.25, 0.3) is 0 Å². The summed E-state index contributed by atoms with van der Waals surface area (Å²) in [4.78, 5) is 3.76. The van der Waals surface area contributed by atoms with Crippen molar-refractivity contribution in [3.63, 3.8) is 0 Å². The number of furan rings is 1. The van der Waals surface area contributed by atoms with Gasteiger partial charge < -0.3 is 10.2 Å². The van der Waals surface area contributed by atoms with Gasteiger partial charge in [0.2, 0.25) is 0 Å². The summed E-state index contributed by atoms with van der Waals surface area (Å²) in [6.45, 7) is 0. The highest BCUT2D eigenvalue weighted by Gasteiger charge is 2.34. The number of halogens is 3. The third-order valence-corrected chi connectivity index (χ3v) is 3.88. The van der Waals surface area contributed by atoms with Gasteiger partial charge in [0, 0.05) is 10.9 Å². The summed E-state index contributed by atoms with van der Waals surface area (Å²) in [5, 5.41) is 9.28. The molecule has 0 fully saturated rings. The van der Waals surface area contributed by atoms with Crippen molar-refractivity contribution in [1.29, 1.82) is 5.26 Å². The van der Waals surface area contributed by atoms with Crippen LogP contribution in [0, 0.1) is 11.3 Å². The van der Waals surface area contributed by atoms with Crippen LogP contribution in [0.2, 0.25) is 0 Å². The van der Waals surface area contributed by atoms with Crippen LogP contribution in [-0.2, 0) is 6.18 Å². The SMILES string of the molecule is N#Cc1sc2nc(C(F)(F)F)cc(-c3ccco3)c2c1N. The molecular formula is C13H6F3N3OS. The summed E-state index contributed by atoms with van der Waals surface area (Å²) in [6.07, 6.45) is -3.25. The number of pyridine rings is 1. The van der Waals surface area contributed by atoms with E-state index in [9.17, 15) is 13.2 Å². The van der Waals surface area contributed by atoms with Crippen LogP contribution in [-0.4, -0.2) is 4.98 Å². The van der Waals surface area contributed by atoms with Crippen molar-refractivity contribution in [1.82, 2.24) is 4.98 Å². The van der Waals surface area contributed by atoms with Crippen LogP contribution >= 0.6 is 11.3 Å². The third kappa shape index (κ3) is 2.11. The van der Waals surface area contributed by atoms with Gasteiger partial charge in [-0.2, -0.15) is 18.4 Å². The number of thiophene rings is 1. The number of anilines is 1. The topological polar surface area (TPSA) is 75.8 Å². The molecule has 106 valence electrons. The fourth-order valence-electron chi connectivity index (χ4n) is 1.98. The molecule has 0 saturated carbocycles. The summed E-state index contributed by atoms with van der Waals surface area (Å²) in [5.74, 6) is 0.238. The van der Waals surface area contributed by atoms with Crippen molar-refractivity contribution in [2.75, 3.05) is 5.73 Å². The van der Waals surface area contributed by atoms with Gasteiger partial charge in [0.15, 0.2) is 0 Å². The molecule has 4 nitrogen and oxygen atoms in total. The van der Waals surface area contributed by atoms with Gasteiger partial charge in [-0.15, -0.1) is 11.3 Å². The Hall–Kier alpha value is -2.53. The number of fused-ring (bicyclic) bond motifs is 1. The number of nitriles is 1. The van der Waals surface area contributed by atoms with Gasteiger partial charge in [-0.3, -0.25) is 0 Å². The maximum Gasteiger partial charge on any atom is 0.433 e. The zero-order chi connectivity index (χ0) is 15.2. The van der Waals surface area contributed by atoms with E-state index in [1.165, 1.54) is 12.3 Å². The van der Waals surface area contributed by atoms with E-state index >= 15 is 0 Å². The van der Waals surface area contributed by atoms with Crippen molar-refractivity contribution in [2.24, 2.45) is 0 Å². The number of rotatable bonds is 1. The first-order valence-corrected chi connectivity index (χ1v) is 6.47. The van der Waals surface area contributed by atoms with Crippen molar-refractivity contribution < 1.29 is 17.6 Å². The normalized spacial score (nSPS) is 11.7. The molecular weight excluding hydrogens is 303 g/mol. The summed E-state index contributed by atoms with van der Waals surface area (Å²) in [7, 11) is 0. The van der Waals surface area contributed by atoms with E-state index in [1.807, 2.05) is 6.07 Å². The average Bonchev–Trinajstić information content (AvgIpc) is 3.05. The zero-order valence-corrected chi connectivity index (χ0v) is 11.0. The summed E-state index contributed by atoms with van der Waals surface area (Å²) in [5.41, 5.74) is 5.08. The molecule has 3 rings (SSSR count). The van der Waals surface area contributed by atoms with E-state index in [2.05, 4.69) is 4.98 Å². The van der Waals surface area contributed by atoms with Crippen LogP contribution in [0.25, 0.3) is 21.5 Å². The Morgan fingerprint density at radius 2 is 2.14 bits per heavy atom. The third-order valence-electron chi connectivity index (χ3n) is 2.88. The number of hydrogen-bond acceptors (Lipinski definition) is 5. The summed E-state index contributed by atoms with van der Waals surface area (Å²) >= 11 is 0.827. The minimum absolute atomic E-state index is 0.0604. The highest BCUT2D eigenvalue weighted by atomic mass is 32.1. The molecule has 8 heteroatoms. The number of nitrogens with zero attached hydrogens (tertiary/aromatic N) is 2. The number of nitrogen functional groups attached to an aromatic ring is 1. The molecule has 0 bridgehead atoms. The second kappa shape index (κ2) is 4.49. The molecule has 3 aromatic rings. The van der Waals surface area contributed by atoms with Crippen LogP contribution in [0.1, 0.15) is 10.6 Å². The lowest BCUT2D eigenvalue weighted by molar-refractivity contribution is -0.140. The average molecular weight is 309 g/mol. The van der Waals surface area contributed by atoms with E-state index in [0.717, 1.165) is 17.4 Å². The van der Waals surface area contributed by atoms with Gasteiger partial charge in [0.05, 0.1) is 12.0 Å². The van der Waals surface area contributed by atoms with Gasteiger partial charge in [-0.05, 0) is 18.2 Å². The van der Waals surface area contributed by atoms with Crippen molar-refractivity contribution >= 4 is 27.2 Å². The molecule has 0 aliphatic carbocycles. The molecule has 3 aromatic heterocycles. The predicted octanol–water partition coefficient (Wildman–Crippen LogP) is 4.03. The van der Waals surface area contributed by atoms with Gasteiger partial charge in [-0.25, -0.2) is 4.98 Å². The maximum atomic E-state index is 12.9. The Morgan fingerprint density at radius 3 is 2.71 bits per heavy atom. The molecule has 0 radical (unpaired) electrons. The first-order valence-electron chi connectivity index (χ1n) is 5.66. The first kappa shape index (κ1) is 13.5. The molecule has 21 heavy (non-hydrogen) atoms. The van der Waals surface area contributed by atoms with E-state index in [0.29, 0.717) is 5.39 Å². The van der Waals surface area contributed by atoms with Crippen molar-refractivity contribution in [3.8, 4) is 17.4 Å². The maximum absolute atomic E-state index is 12.9. The highest BCUT2D eigenvalue weighted by Crippen LogP contribution is 2.42. The van der Waals surface area contributed by atoms with Gasteiger partial charge >= 0.3 is 6.18 Å². The van der Waals surface area contributed by atoms with Crippen LogP contribution in [0.5, 0.6) is 0 Å². The molecule has 0 aliphatic heterocycles. The molecule has 0 spiro atoms. The first-order chi connectivity index (χ1) is 9.91. The molecule has 0 aromatic carbocycles. The standard InChI is InChI=1S/C13H6F3N3OS/c14-13(15,16)9-4-6(7-2-1-3-20-7)10-11(18)8(5-17)21-12(10)19-9/h1-4H,18H2. The highest BCUT2D eigenvalue weighted by molar-refractivity contribution is 7.20. The monoisotopic (exact) mass is 309 g/mol. The second-order valence-corrected chi connectivity index (χ2v) is 5.17. The van der Waals surface area contributed by atoms with Gasteiger partial charge in [-0.1, -0.05) is 0 Å². The van der Waals surface area contributed by atoms with E-state index < -0.39 is 11.9 Å². The van der Waals surface area contributed by atoms with E-state index in [-0.39, 0.29) is 26.7 Å². The molecule has 0 aliphatic rings. The fourth-order valence-corrected chi connectivity index (χ4v) is 2.89. The summed E-state index contributed by atoms with van der Waals surface area (Å²) in [6, 6.07) is 5.82. The number of nitrogens with two attached hydrogens (primary N) is 1. The Labute approximate surface area is 120 Å². The van der Waals surface area contributed by atoms with Crippen LogP contribution < -0.4 is 5.73 Å². The van der Waals surface area contributed by atoms with Crippen molar-refractivity contribution in [3.05, 3.63) is 35.0 Å². The Morgan fingerprint density at radius 1 is 1.38 bits per heavy atom. The smallest absolute Gasteiger partial charge is 0.433 e. The van der Waals surface area contributed by atoms with Crippen LogP contribution in [0.15, 0.2) is 28.9 Å². The quantitative estimate of drug-likeness (QED) is 0.736. The Kier molecular flexibility index (Phi) is 2.88. The fraction of sp³-hybridized carbons (Fsp3) is 0.0769. The number of aromatic nitrogens is 1. The lowest BCUT2D eigenvalue weighted by Gasteiger charge is -2.08. The minimum atomic E-state index is -4.60. The van der Waals surface area contributed by atoms with E-state index in [1.54, 1.807) is 6.07 Å². The summed E-state index contributed by atoms with van der Waals surface area (Å²) < 4.78 is 44.0. The van der Waals surface area contributed by atoms with Crippen LogP contribution in [0.3, 0.4) is 0 Å². The van der Waals surface area contributed by atoms with Gasteiger partial charge in [0.1, 0.15) is 27.2 Å². The molecule has 0 unspecified atom stereocenters. The Balaban J connectivity index is 2.42. The lowest BCUT2D eigenvalue weighted by Crippen LogP contribution is -2.08. The predicted molar refractivity (Wildman–Crippen MR) is 71.5 cm³/mol. The number of alkyl halides is 3. The molecule has 0 atom stereocenters.